The Bertz CT molecular complexity index is 394. The molecule has 0 atom stereocenters. The summed E-state index contributed by atoms with van der Waals surface area (Å²) in [4.78, 5) is 10.6. The summed E-state index contributed by atoms with van der Waals surface area (Å²) in [6.07, 6.45) is 3.66. The fraction of sp³-hybridized carbons (Fsp3) is 0.692. The number of anilines is 1. The van der Waals surface area contributed by atoms with Crippen LogP contribution >= 0.6 is 0 Å². The highest BCUT2D eigenvalue weighted by Gasteiger charge is 2.28. The van der Waals surface area contributed by atoms with E-state index in [1.54, 1.807) is 6.33 Å². The summed E-state index contributed by atoms with van der Waals surface area (Å²) in [7, 11) is 1.99. The van der Waals surface area contributed by atoms with Gasteiger partial charge in [0.05, 0.1) is 6.61 Å². The van der Waals surface area contributed by atoms with Crippen LogP contribution in [0.2, 0.25) is 0 Å². The maximum Gasteiger partial charge on any atom is 0.129 e. The molecular weight excluding hydrogens is 242 g/mol. The number of hydrogen-bond acceptors (Lipinski definition) is 6. The van der Waals surface area contributed by atoms with E-state index in [1.807, 2.05) is 13.1 Å². The van der Waals surface area contributed by atoms with Crippen LogP contribution in [0.25, 0.3) is 0 Å². The summed E-state index contributed by atoms with van der Waals surface area (Å²) in [6, 6.07) is 2.35. The molecule has 4 N–H and O–H groups in total. The molecule has 1 aliphatic rings. The van der Waals surface area contributed by atoms with Crippen molar-refractivity contribution in [3.05, 3.63) is 18.1 Å². The monoisotopic (exact) mass is 265 g/mol. The highest BCUT2D eigenvalue weighted by Crippen LogP contribution is 2.34. The zero-order valence-corrected chi connectivity index (χ0v) is 11.4. The van der Waals surface area contributed by atoms with Crippen molar-refractivity contribution in [2.75, 3.05) is 38.6 Å². The van der Waals surface area contributed by atoms with Crippen LogP contribution in [0.1, 0.15) is 24.5 Å². The summed E-state index contributed by atoms with van der Waals surface area (Å²) in [5, 5.41) is 12.1. The third kappa shape index (κ3) is 4.12. The highest BCUT2D eigenvalue weighted by molar-refractivity contribution is 5.36. The first-order valence-electron chi connectivity index (χ1n) is 6.80. The Morgan fingerprint density at radius 1 is 1.42 bits per heavy atom. The quantitative estimate of drug-likeness (QED) is 0.644. The van der Waals surface area contributed by atoms with Gasteiger partial charge in [-0.2, -0.15) is 0 Å². The molecule has 1 fully saturated rings. The van der Waals surface area contributed by atoms with Crippen LogP contribution < -0.4 is 11.1 Å². The molecule has 1 aromatic rings. The lowest BCUT2D eigenvalue weighted by molar-refractivity contribution is 0.225. The molecule has 0 spiro atoms. The van der Waals surface area contributed by atoms with Crippen molar-refractivity contribution >= 4 is 5.82 Å². The van der Waals surface area contributed by atoms with Crippen molar-refractivity contribution in [1.82, 2.24) is 14.9 Å². The highest BCUT2D eigenvalue weighted by atomic mass is 16.3. The molecule has 0 unspecified atom stereocenters. The van der Waals surface area contributed by atoms with Crippen LogP contribution in [-0.2, 0) is 0 Å². The smallest absolute Gasteiger partial charge is 0.129 e. The van der Waals surface area contributed by atoms with Crippen LogP contribution in [0.3, 0.4) is 0 Å². The van der Waals surface area contributed by atoms with Gasteiger partial charge in [0.2, 0.25) is 0 Å². The first-order valence-corrected chi connectivity index (χ1v) is 6.80. The lowest BCUT2D eigenvalue weighted by Crippen LogP contribution is -2.35. The minimum absolute atomic E-state index is 0.191. The molecule has 6 heteroatoms. The molecule has 6 nitrogen and oxygen atoms in total. The van der Waals surface area contributed by atoms with E-state index < -0.39 is 0 Å². The summed E-state index contributed by atoms with van der Waals surface area (Å²) < 4.78 is 0. The van der Waals surface area contributed by atoms with Gasteiger partial charge < -0.3 is 21.1 Å². The van der Waals surface area contributed by atoms with Crippen LogP contribution in [-0.4, -0.2) is 59.3 Å². The Balaban J connectivity index is 1.79. The first-order chi connectivity index (χ1) is 9.19. The molecule has 106 valence electrons. The number of likely N-dealkylation sites (N-methyl/N-ethyl adjacent to an activating group) is 1. The fourth-order valence-electron chi connectivity index (χ4n) is 2.25. The van der Waals surface area contributed by atoms with Crippen molar-refractivity contribution in [3.8, 4) is 0 Å². The minimum atomic E-state index is 0.191. The maximum atomic E-state index is 8.81. The molecular formula is C13H23N5O. The lowest BCUT2D eigenvalue weighted by atomic mass is 9.79. The molecule has 0 amide bonds. The normalized spacial score (nSPS) is 22.3. The third-order valence-corrected chi connectivity index (χ3v) is 3.56. The van der Waals surface area contributed by atoms with Gasteiger partial charge in [-0.1, -0.05) is 0 Å². The molecule has 1 saturated carbocycles. The number of nitrogens with two attached hydrogens (primary N) is 1. The van der Waals surface area contributed by atoms with Crippen molar-refractivity contribution in [2.45, 2.75) is 24.8 Å². The second-order valence-corrected chi connectivity index (χ2v) is 5.21. The Kier molecular flexibility index (Phi) is 5.07. The predicted octanol–water partition coefficient (Wildman–Crippen LogP) is 0.0173. The molecule has 19 heavy (non-hydrogen) atoms. The van der Waals surface area contributed by atoms with Gasteiger partial charge >= 0.3 is 0 Å². The van der Waals surface area contributed by atoms with Crippen LogP contribution in [0.4, 0.5) is 5.82 Å². The van der Waals surface area contributed by atoms with E-state index in [9.17, 15) is 0 Å². The number of hydrogen-bond donors (Lipinski definition) is 3. The van der Waals surface area contributed by atoms with Gasteiger partial charge in [0.1, 0.15) is 12.1 Å². The SMILES string of the molecule is CN(CCO)CCNc1cc(C2CC(N)C2)ncn1. The van der Waals surface area contributed by atoms with E-state index in [-0.39, 0.29) is 6.61 Å². The zero-order valence-electron chi connectivity index (χ0n) is 11.4. The topological polar surface area (TPSA) is 87.3 Å². The number of nitrogens with one attached hydrogen (secondary N) is 1. The van der Waals surface area contributed by atoms with Crippen LogP contribution in [0.5, 0.6) is 0 Å². The van der Waals surface area contributed by atoms with E-state index in [0.29, 0.717) is 18.5 Å². The third-order valence-electron chi connectivity index (χ3n) is 3.56. The number of rotatable bonds is 7. The lowest BCUT2D eigenvalue weighted by Gasteiger charge is -2.31. The minimum Gasteiger partial charge on any atom is -0.395 e. The molecule has 0 radical (unpaired) electrons. The molecule has 0 aromatic carbocycles. The van der Waals surface area contributed by atoms with Crippen molar-refractivity contribution in [2.24, 2.45) is 5.73 Å². The maximum absolute atomic E-state index is 8.81. The Morgan fingerprint density at radius 2 is 2.21 bits per heavy atom. The van der Waals surface area contributed by atoms with E-state index in [1.165, 1.54) is 0 Å². The fourth-order valence-corrected chi connectivity index (χ4v) is 2.25. The summed E-state index contributed by atoms with van der Waals surface area (Å²) in [5.41, 5.74) is 6.89. The van der Waals surface area contributed by atoms with Gasteiger partial charge in [-0.3, -0.25) is 0 Å². The average molecular weight is 265 g/mol. The van der Waals surface area contributed by atoms with Gasteiger partial charge in [-0.25, -0.2) is 9.97 Å². The van der Waals surface area contributed by atoms with Crippen LogP contribution in [0, 0.1) is 0 Å². The average Bonchev–Trinajstić information content (AvgIpc) is 2.36. The molecule has 1 aliphatic carbocycles. The number of nitrogens with zero attached hydrogens (tertiary/aromatic N) is 3. The Labute approximate surface area is 114 Å². The Hall–Kier alpha value is -1.24. The van der Waals surface area contributed by atoms with E-state index in [0.717, 1.165) is 37.4 Å². The molecule has 0 saturated heterocycles. The first kappa shape index (κ1) is 14.2. The zero-order chi connectivity index (χ0) is 13.7. The second-order valence-electron chi connectivity index (χ2n) is 5.21. The molecule has 0 bridgehead atoms. The van der Waals surface area contributed by atoms with Gasteiger partial charge in [0, 0.05) is 43.4 Å². The number of aromatic nitrogens is 2. The number of aliphatic hydroxyl groups excluding tert-OH is 1. The molecule has 1 aromatic heterocycles. The van der Waals surface area contributed by atoms with E-state index >= 15 is 0 Å². The Morgan fingerprint density at radius 3 is 2.89 bits per heavy atom. The van der Waals surface area contributed by atoms with Gasteiger partial charge in [0.25, 0.3) is 0 Å². The molecule has 0 aliphatic heterocycles. The van der Waals surface area contributed by atoms with Crippen molar-refractivity contribution in [1.29, 1.82) is 0 Å². The summed E-state index contributed by atoms with van der Waals surface area (Å²) >= 11 is 0. The van der Waals surface area contributed by atoms with Gasteiger partial charge in [-0.05, 0) is 19.9 Å². The van der Waals surface area contributed by atoms with Gasteiger partial charge in [-0.15, -0.1) is 0 Å². The second kappa shape index (κ2) is 6.79. The van der Waals surface area contributed by atoms with Crippen molar-refractivity contribution in [3.63, 3.8) is 0 Å². The van der Waals surface area contributed by atoms with Crippen LogP contribution in [0.15, 0.2) is 12.4 Å². The predicted molar refractivity (Wildman–Crippen MR) is 75.1 cm³/mol. The molecule has 1 heterocycles. The summed E-state index contributed by atoms with van der Waals surface area (Å²) in [5.74, 6) is 1.36. The van der Waals surface area contributed by atoms with E-state index in [4.69, 9.17) is 10.8 Å². The number of aliphatic hydroxyl groups is 1. The standard InChI is InChI=1S/C13H23N5O/c1-18(4-5-19)3-2-15-13-8-12(16-9-17-13)10-6-11(14)7-10/h8-11,19H,2-7,14H2,1H3,(H,15,16,17). The summed E-state index contributed by atoms with van der Waals surface area (Å²) in [6.45, 7) is 2.55. The van der Waals surface area contributed by atoms with Gasteiger partial charge in [0.15, 0.2) is 0 Å². The van der Waals surface area contributed by atoms with E-state index in [2.05, 4.69) is 20.2 Å². The largest absolute Gasteiger partial charge is 0.395 e. The molecule has 2 rings (SSSR count). The van der Waals surface area contributed by atoms with Crippen molar-refractivity contribution < 1.29 is 5.11 Å².